The third-order valence-corrected chi connectivity index (χ3v) is 3.34. The summed E-state index contributed by atoms with van der Waals surface area (Å²) in [5.41, 5.74) is 7.36. The van der Waals surface area contributed by atoms with Crippen LogP contribution in [-0.4, -0.2) is 16.5 Å². The lowest BCUT2D eigenvalue weighted by atomic mass is 9.87. The van der Waals surface area contributed by atoms with Crippen molar-refractivity contribution >= 4 is 0 Å². The fourth-order valence-electron chi connectivity index (χ4n) is 2.11. The van der Waals surface area contributed by atoms with Gasteiger partial charge in [0.05, 0.1) is 0 Å². The van der Waals surface area contributed by atoms with E-state index in [1.807, 2.05) is 12.1 Å². The van der Waals surface area contributed by atoms with Crippen LogP contribution < -0.4 is 16.0 Å². The predicted octanol–water partition coefficient (Wildman–Crippen LogP) is 2.15. The fourth-order valence-corrected chi connectivity index (χ4v) is 2.11. The van der Waals surface area contributed by atoms with Gasteiger partial charge in [0, 0.05) is 18.2 Å². The van der Waals surface area contributed by atoms with Gasteiger partial charge < -0.3 is 15.5 Å². The molecule has 0 saturated carbocycles. The third-order valence-electron chi connectivity index (χ3n) is 3.34. The van der Waals surface area contributed by atoms with E-state index < -0.39 is 0 Å². The Morgan fingerprint density at radius 2 is 1.91 bits per heavy atom. The molecule has 0 aliphatic rings. The maximum atomic E-state index is 11.6. The molecule has 22 heavy (non-hydrogen) atoms. The number of nitrogens with zero attached hydrogens (tertiary/aromatic N) is 1. The van der Waals surface area contributed by atoms with Gasteiger partial charge in [-0.2, -0.15) is 0 Å². The largest absolute Gasteiger partial charge is 0.486 e. The van der Waals surface area contributed by atoms with Crippen molar-refractivity contribution in [3.63, 3.8) is 0 Å². The molecular formula is C17H23N3O2. The van der Waals surface area contributed by atoms with Crippen LogP contribution in [0.5, 0.6) is 5.75 Å². The van der Waals surface area contributed by atoms with E-state index in [0.29, 0.717) is 24.5 Å². The molecule has 0 aliphatic heterocycles. The summed E-state index contributed by atoms with van der Waals surface area (Å²) in [5.74, 6) is 1.26. The quantitative estimate of drug-likeness (QED) is 0.886. The Bertz CT molecular complexity index is 670. The van der Waals surface area contributed by atoms with Crippen LogP contribution >= 0.6 is 0 Å². The van der Waals surface area contributed by atoms with E-state index >= 15 is 0 Å². The molecule has 0 fully saturated rings. The summed E-state index contributed by atoms with van der Waals surface area (Å²) < 4.78 is 5.68. The van der Waals surface area contributed by atoms with E-state index in [9.17, 15) is 4.79 Å². The summed E-state index contributed by atoms with van der Waals surface area (Å²) in [4.78, 5) is 18.6. The zero-order valence-corrected chi connectivity index (χ0v) is 13.3. The molecule has 0 bridgehead atoms. The summed E-state index contributed by atoms with van der Waals surface area (Å²) in [5, 5.41) is 0. The average molecular weight is 301 g/mol. The first-order valence-electron chi connectivity index (χ1n) is 7.41. The van der Waals surface area contributed by atoms with Crippen LogP contribution in [0.1, 0.15) is 37.9 Å². The van der Waals surface area contributed by atoms with Gasteiger partial charge in [0.1, 0.15) is 18.2 Å². The average Bonchev–Trinajstić information content (AvgIpc) is 2.44. The van der Waals surface area contributed by atoms with Crippen molar-refractivity contribution in [1.29, 1.82) is 0 Å². The first-order valence-corrected chi connectivity index (χ1v) is 7.41. The molecule has 5 nitrogen and oxygen atoms in total. The first-order chi connectivity index (χ1) is 10.4. The second-order valence-corrected chi connectivity index (χ2v) is 6.29. The van der Waals surface area contributed by atoms with E-state index in [4.69, 9.17) is 10.5 Å². The van der Waals surface area contributed by atoms with Gasteiger partial charge in [-0.25, -0.2) is 4.98 Å². The van der Waals surface area contributed by atoms with Crippen molar-refractivity contribution in [3.8, 4) is 5.75 Å². The molecule has 0 saturated heterocycles. The predicted molar refractivity (Wildman–Crippen MR) is 87.1 cm³/mol. The highest BCUT2D eigenvalue weighted by Crippen LogP contribution is 2.24. The lowest BCUT2D eigenvalue weighted by Gasteiger charge is -2.19. The summed E-state index contributed by atoms with van der Waals surface area (Å²) in [7, 11) is 0. The van der Waals surface area contributed by atoms with E-state index in [0.717, 1.165) is 5.75 Å². The molecule has 1 heterocycles. The van der Waals surface area contributed by atoms with Gasteiger partial charge in [-0.1, -0.05) is 32.9 Å². The minimum Gasteiger partial charge on any atom is -0.486 e. The van der Waals surface area contributed by atoms with Gasteiger partial charge in [-0.05, 0) is 29.7 Å². The smallest absolute Gasteiger partial charge is 0.251 e. The summed E-state index contributed by atoms with van der Waals surface area (Å²) in [6, 6.07) is 9.44. The van der Waals surface area contributed by atoms with Crippen LogP contribution in [0.25, 0.3) is 0 Å². The zero-order chi connectivity index (χ0) is 16.2. The summed E-state index contributed by atoms with van der Waals surface area (Å²) >= 11 is 0. The highest BCUT2D eigenvalue weighted by atomic mass is 16.5. The van der Waals surface area contributed by atoms with E-state index in [1.165, 1.54) is 11.6 Å². The molecule has 2 aromatic rings. The molecule has 0 atom stereocenters. The number of aromatic amines is 1. The number of nitrogens with one attached hydrogen (secondary N) is 1. The van der Waals surface area contributed by atoms with Crippen LogP contribution in [0.3, 0.4) is 0 Å². The number of rotatable bonds is 5. The molecule has 0 unspecified atom stereocenters. The van der Waals surface area contributed by atoms with Crippen molar-refractivity contribution in [2.75, 3.05) is 6.54 Å². The van der Waals surface area contributed by atoms with Gasteiger partial charge in [-0.3, -0.25) is 4.79 Å². The Balaban J connectivity index is 2.05. The number of hydrogen-bond acceptors (Lipinski definition) is 4. The Morgan fingerprint density at radius 3 is 2.50 bits per heavy atom. The standard InChI is InChI=1S/C17H23N3O2/c1-17(2,3)12-4-6-14(7-5-12)22-11-15-19-13(8-9-18)10-16(21)20-15/h4-7,10H,8-9,11,18H2,1-3H3,(H,19,20,21). The molecule has 1 aromatic carbocycles. The third kappa shape index (κ3) is 4.43. The van der Waals surface area contributed by atoms with Crippen molar-refractivity contribution in [2.45, 2.75) is 39.2 Å². The molecule has 2 rings (SSSR count). The normalized spacial score (nSPS) is 11.5. The number of H-pyrrole nitrogens is 1. The lowest BCUT2D eigenvalue weighted by molar-refractivity contribution is 0.294. The van der Waals surface area contributed by atoms with E-state index in [-0.39, 0.29) is 17.6 Å². The van der Waals surface area contributed by atoms with Crippen LogP contribution in [0.2, 0.25) is 0 Å². The zero-order valence-electron chi connectivity index (χ0n) is 13.3. The van der Waals surface area contributed by atoms with Crippen LogP contribution in [0, 0.1) is 0 Å². The van der Waals surface area contributed by atoms with Gasteiger partial charge in [0.2, 0.25) is 0 Å². The number of aromatic nitrogens is 2. The Labute approximate surface area is 130 Å². The maximum Gasteiger partial charge on any atom is 0.251 e. The van der Waals surface area contributed by atoms with E-state index in [2.05, 4.69) is 42.9 Å². The molecule has 3 N–H and O–H groups in total. The van der Waals surface area contributed by atoms with Gasteiger partial charge in [0.15, 0.2) is 0 Å². The second-order valence-electron chi connectivity index (χ2n) is 6.29. The maximum absolute atomic E-state index is 11.6. The SMILES string of the molecule is CC(C)(C)c1ccc(OCc2nc(CCN)cc(=O)[nH]2)cc1. The van der Waals surface area contributed by atoms with Crippen molar-refractivity contribution < 1.29 is 4.74 Å². The fraction of sp³-hybridized carbons (Fsp3) is 0.412. The van der Waals surface area contributed by atoms with Crippen molar-refractivity contribution in [1.82, 2.24) is 9.97 Å². The highest BCUT2D eigenvalue weighted by Gasteiger charge is 2.13. The lowest BCUT2D eigenvalue weighted by Crippen LogP contribution is -2.16. The summed E-state index contributed by atoms with van der Waals surface area (Å²) in [6.45, 7) is 7.19. The molecule has 0 spiro atoms. The first kappa shape index (κ1) is 16.2. The molecule has 118 valence electrons. The Kier molecular flexibility index (Phi) is 4.98. The van der Waals surface area contributed by atoms with Crippen molar-refractivity contribution in [2.24, 2.45) is 5.73 Å². The number of hydrogen-bond donors (Lipinski definition) is 2. The molecular weight excluding hydrogens is 278 g/mol. The Morgan fingerprint density at radius 1 is 1.23 bits per heavy atom. The molecule has 0 radical (unpaired) electrons. The van der Waals surface area contributed by atoms with Crippen molar-refractivity contribution in [3.05, 3.63) is 57.8 Å². The van der Waals surface area contributed by atoms with Gasteiger partial charge in [-0.15, -0.1) is 0 Å². The van der Waals surface area contributed by atoms with Crippen LogP contribution in [0.15, 0.2) is 35.1 Å². The monoisotopic (exact) mass is 301 g/mol. The molecule has 1 aromatic heterocycles. The minimum atomic E-state index is -0.180. The molecule has 0 amide bonds. The van der Waals surface area contributed by atoms with E-state index in [1.54, 1.807) is 0 Å². The minimum absolute atomic E-state index is 0.113. The van der Waals surface area contributed by atoms with Gasteiger partial charge >= 0.3 is 0 Å². The molecule has 0 aliphatic carbocycles. The molecule has 5 heteroatoms. The van der Waals surface area contributed by atoms with Crippen LogP contribution in [0.4, 0.5) is 0 Å². The second kappa shape index (κ2) is 6.75. The number of benzene rings is 1. The summed E-state index contributed by atoms with van der Waals surface area (Å²) in [6.07, 6.45) is 0.581. The number of ether oxygens (including phenoxy) is 1. The van der Waals surface area contributed by atoms with Crippen LogP contribution in [-0.2, 0) is 18.4 Å². The highest BCUT2D eigenvalue weighted by molar-refractivity contribution is 5.31. The number of nitrogens with two attached hydrogens (primary N) is 1. The van der Waals surface area contributed by atoms with Gasteiger partial charge in [0.25, 0.3) is 5.56 Å². The topological polar surface area (TPSA) is 81.0 Å². The Hall–Kier alpha value is -2.14.